The van der Waals surface area contributed by atoms with Crippen LogP contribution in [0.1, 0.15) is 26.3 Å². The fourth-order valence-corrected chi connectivity index (χ4v) is 3.45. The Morgan fingerprint density at radius 3 is 2.62 bits per heavy atom. The van der Waals surface area contributed by atoms with Crippen LogP contribution in [-0.4, -0.2) is 39.5 Å². The quantitative estimate of drug-likeness (QED) is 0.641. The summed E-state index contributed by atoms with van der Waals surface area (Å²) in [5.74, 6) is 1.22. The number of aromatic nitrogens is 2. The van der Waals surface area contributed by atoms with E-state index in [1.165, 1.54) is 0 Å². The third kappa shape index (κ3) is 4.70. The van der Waals surface area contributed by atoms with Crippen LogP contribution in [0.4, 0.5) is 4.79 Å². The number of nitrogens with zero attached hydrogens (tertiary/aromatic N) is 3. The maximum absolute atomic E-state index is 12.1. The number of rotatable bonds is 5. The van der Waals surface area contributed by atoms with E-state index < -0.39 is 5.60 Å². The zero-order valence-corrected chi connectivity index (χ0v) is 17.2. The van der Waals surface area contributed by atoms with E-state index in [4.69, 9.17) is 9.47 Å². The molecular formula is C23H27N3O3. The molecule has 6 nitrogen and oxygen atoms in total. The molecule has 6 heteroatoms. The summed E-state index contributed by atoms with van der Waals surface area (Å²) in [6.07, 6.45) is 1.63. The van der Waals surface area contributed by atoms with Crippen LogP contribution in [0.2, 0.25) is 0 Å². The highest BCUT2D eigenvalue weighted by atomic mass is 16.6. The Morgan fingerprint density at radius 1 is 1.14 bits per heavy atom. The van der Waals surface area contributed by atoms with E-state index in [0.29, 0.717) is 25.6 Å². The van der Waals surface area contributed by atoms with E-state index in [2.05, 4.69) is 17.2 Å². The van der Waals surface area contributed by atoms with Gasteiger partial charge in [0.2, 0.25) is 0 Å². The average molecular weight is 393 g/mol. The van der Waals surface area contributed by atoms with Crippen molar-refractivity contribution in [2.75, 3.05) is 13.1 Å². The van der Waals surface area contributed by atoms with Crippen molar-refractivity contribution in [3.05, 3.63) is 60.3 Å². The van der Waals surface area contributed by atoms with Crippen molar-refractivity contribution in [2.45, 2.75) is 39.5 Å². The first-order valence-electron chi connectivity index (χ1n) is 9.97. The molecule has 152 valence electrons. The van der Waals surface area contributed by atoms with Crippen molar-refractivity contribution < 1.29 is 14.3 Å². The minimum Gasteiger partial charge on any atom is -0.489 e. The Kier molecular flexibility index (Phi) is 5.18. The third-order valence-electron chi connectivity index (χ3n) is 4.90. The maximum atomic E-state index is 12.1. The average Bonchev–Trinajstić information content (AvgIpc) is 3.04. The Labute approximate surface area is 171 Å². The summed E-state index contributed by atoms with van der Waals surface area (Å²) in [4.78, 5) is 13.8. The van der Waals surface area contributed by atoms with E-state index in [9.17, 15) is 4.79 Å². The molecular weight excluding hydrogens is 366 g/mol. The molecule has 0 spiro atoms. The number of carbonyl (C=O) groups excluding carboxylic acids is 1. The van der Waals surface area contributed by atoms with Gasteiger partial charge in [-0.05, 0) is 44.5 Å². The predicted molar refractivity (Wildman–Crippen MR) is 112 cm³/mol. The number of ether oxygens (including phenoxy) is 2. The van der Waals surface area contributed by atoms with Gasteiger partial charge in [-0.15, -0.1) is 0 Å². The fourth-order valence-electron chi connectivity index (χ4n) is 3.45. The lowest BCUT2D eigenvalue weighted by Crippen LogP contribution is -2.52. The van der Waals surface area contributed by atoms with Crippen LogP contribution >= 0.6 is 0 Å². The molecule has 1 saturated heterocycles. The Bertz CT molecular complexity index is 986. The van der Waals surface area contributed by atoms with Gasteiger partial charge in [-0.3, -0.25) is 4.68 Å². The summed E-state index contributed by atoms with van der Waals surface area (Å²) in [5.41, 5.74) is 1.76. The van der Waals surface area contributed by atoms with E-state index in [1.807, 2.05) is 68.0 Å². The highest BCUT2D eigenvalue weighted by molar-refractivity contribution is 5.80. The first-order chi connectivity index (χ1) is 13.9. The largest absolute Gasteiger partial charge is 0.489 e. The molecule has 1 aliphatic heterocycles. The second-order valence-electron chi connectivity index (χ2n) is 8.57. The Hall–Kier alpha value is -3.02. The fraction of sp³-hybridized carbons (Fsp3) is 0.391. The minimum absolute atomic E-state index is 0.237. The highest BCUT2D eigenvalue weighted by Crippen LogP contribution is 2.25. The maximum Gasteiger partial charge on any atom is 0.410 e. The number of amides is 1. The van der Waals surface area contributed by atoms with Crippen LogP contribution in [0.25, 0.3) is 10.9 Å². The van der Waals surface area contributed by atoms with Crippen LogP contribution in [0.15, 0.2) is 54.7 Å². The van der Waals surface area contributed by atoms with Gasteiger partial charge in [-0.1, -0.05) is 30.3 Å². The highest BCUT2D eigenvalue weighted by Gasteiger charge is 2.34. The van der Waals surface area contributed by atoms with Gasteiger partial charge in [0, 0.05) is 30.9 Å². The molecule has 0 radical (unpaired) electrons. The van der Waals surface area contributed by atoms with Crippen molar-refractivity contribution in [3.63, 3.8) is 0 Å². The van der Waals surface area contributed by atoms with Crippen molar-refractivity contribution in [3.8, 4) is 5.75 Å². The molecule has 1 aromatic heterocycles. The van der Waals surface area contributed by atoms with Crippen LogP contribution in [0.3, 0.4) is 0 Å². The lowest BCUT2D eigenvalue weighted by Gasteiger charge is -2.39. The number of fused-ring (bicyclic) bond motifs is 1. The van der Waals surface area contributed by atoms with Gasteiger partial charge < -0.3 is 14.4 Å². The first-order valence-corrected chi connectivity index (χ1v) is 9.97. The second kappa shape index (κ2) is 7.78. The summed E-state index contributed by atoms with van der Waals surface area (Å²) in [6, 6.07) is 16.2. The minimum atomic E-state index is -0.458. The Morgan fingerprint density at radius 2 is 1.90 bits per heavy atom. The summed E-state index contributed by atoms with van der Waals surface area (Å²) in [7, 11) is 0. The molecule has 3 aromatic rings. The van der Waals surface area contributed by atoms with Gasteiger partial charge >= 0.3 is 6.09 Å². The Balaban J connectivity index is 1.33. The molecule has 4 rings (SSSR count). The molecule has 1 aliphatic rings. The van der Waals surface area contributed by atoms with Crippen molar-refractivity contribution >= 4 is 17.0 Å². The zero-order valence-electron chi connectivity index (χ0n) is 17.2. The van der Waals surface area contributed by atoms with E-state index in [1.54, 1.807) is 4.90 Å². The lowest BCUT2D eigenvalue weighted by molar-refractivity contribution is -0.00364. The van der Waals surface area contributed by atoms with Gasteiger partial charge in [0.15, 0.2) is 0 Å². The lowest BCUT2D eigenvalue weighted by atomic mass is 10.0. The first kappa shape index (κ1) is 19.3. The number of hydrogen-bond donors (Lipinski definition) is 0. The van der Waals surface area contributed by atoms with Gasteiger partial charge in [-0.2, -0.15) is 5.10 Å². The molecule has 0 bridgehead atoms. The van der Waals surface area contributed by atoms with Crippen molar-refractivity contribution in [2.24, 2.45) is 5.92 Å². The van der Waals surface area contributed by atoms with Crippen LogP contribution in [0, 0.1) is 5.92 Å². The number of likely N-dealkylation sites (tertiary alicyclic amines) is 1. The molecule has 29 heavy (non-hydrogen) atoms. The second-order valence-corrected chi connectivity index (χ2v) is 8.57. The summed E-state index contributed by atoms with van der Waals surface area (Å²) in [5, 5.41) is 5.59. The van der Waals surface area contributed by atoms with Crippen LogP contribution in [-0.2, 0) is 17.9 Å². The standard InChI is InChI=1S/C23H27N3O3/c1-23(2,3)29-22(27)25-13-18(14-25)15-26-21-10-9-20(11-19(21)12-24-26)28-16-17-7-5-4-6-8-17/h4-12,18H,13-16H2,1-3H3. The molecule has 2 aromatic carbocycles. The van der Waals surface area contributed by atoms with Gasteiger partial charge in [0.05, 0.1) is 11.7 Å². The molecule has 1 fully saturated rings. The molecule has 0 aliphatic carbocycles. The zero-order chi connectivity index (χ0) is 20.4. The molecule has 0 unspecified atom stereocenters. The monoisotopic (exact) mass is 393 g/mol. The predicted octanol–water partition coefficient (Wildman–Crippen LogP) is 4.48. The van der Waals surface area contributed by atoms with Crippen molar-refractivity contribution in [1.82, 2.24) is 14.7 Å². The van der Waals surface area contributed by atoms with Crippen LogP contribution in [0.5, 0.6) is 5.75 Å². The number of hydrogen-bond acceptors (Lipinski definition) is 4. The summed E-state index contributed by atoms with van der Waals surface area (Å²) < 4.78 is 13.3. The van der Waals surface area contributed by atoms with Crippen molar-refractivity contribution in [1.29, 1.82) is 0 Å². The molecule has 0 N–H and O–H groups in total. The SMILES string of the molecule is CC(C)(C)OC(=O)N1CC(Cn2ncc3cc(OCc4ccccc4)ccc32)C1. The number of benzene rings is 2. The summed E-state index contributed by atoms with van der Waals surface area (Å²) in [6.45, 7) is 8.39. The van der Waals surface area contributed by atoms with Gasteiger partial charge in [0.1, 0.15) is 18.0 Å². The summed E-state index contributed by atoms with van der Waals surface area (Å²) >= 11 is 0. The topological polar surface area (TPSA) is 56.6 Å². The molecule has 0 saturated carbocycles. The smallest absolute Gasteiger partial charge is 0.410 e. The van der Waals surface area contributed by atoms with E-state index in [0.717, 1.165) is 28.8 Å². The van der Waals surface area contributed by atoms with E-state index in [-0.39, 0.29) is 6.09 Å². The number of carbonyl (C=O) groups is 1. The molecule has 0 atom stereocenters. The van der Waals surface area contributed by atoms with Gasteiger partial charge in [0.25, 0.3) is 0 Å². The molecule has 1 amide bonds. The van der Waals surface area contributed by atoms with E-state index >= 15 is 0 Å². The molecule has 2 heterocycles. The third-order valence-corrected chi connectivity index (χ3v) is 4.90. The van der Waals surface area contributed by atoms with Gasteiger partial charge in [-0.25, -0.2) is 4.79 Å². The normalized spacial score (nSPS) is 14.7. The van der Waals surface area contributed by atoms with Crippen LogP contribution < -0.4 is 4.74 Å².